The number of ether oxygens (including phenoxy) is 1. The SMILES string of the molecule is Clc1ccc2c(c1)[C@H]1CC(c3ccco3)=NN1[C@H](c1ccccc1)O2. The molecule has 124 valence electrons. The third-order valence-corrected chi connectivity index (χ3v) is 4.88. The van der Waals surface area contributed by atoms with Crippen LogP contribution in [0, 0.1) is 0 Å². The van der Waals surface area contributed by atoms with Crippen molar-refractivity contribution in [1.82, 2.24) is 5.01 Å². The van der Waals surface area contributed by atoms with Gasteiger partial charge in [-0.2, -0.15) is 5.10 Å². The van der Waals surface area contributed by atoms with Gasteiger partial charge in [0.15, 0.2) is 0 Å². The molecular weight excluding hydrogens is 336 g/mol. The van der Waals surface area contributed by atoms with Crippen LogP contribution in [-0.4, -0.2) is 10.7 Å². The monoisotopic (exact) mass is 350 g/mol. The van der Waals surface area contributed by atoms with E-state index in [2.05, 4.69) is 12.1 Å². The minimum atomic E-state index is -0.271. The second kappa shape index (κ2) is 5.67. The first-order valence-electron chi connectivity index (χ1n) is 8.20. The third-order valence-electron chi connectivity index (χ3n) is 4.64. The molecule has 25 heavy (non-hydrogen) atoms. The molecule has 0 saturated carbocycles. The molecule has 1 aromatic heterocycles. The van der Waals surface area contributed by atoms with Crippen molar-refractivity contribution in [3.8, 4) is 5.75 Å². The van der Waals surface area contributed by atoms with Crippen molar-refractivity contribution in [2.75, 3.05) is 0 Å². The molecule has 2 aromatic carbocycles. The van der Waals surface area contributed by atoms with Crippen molar-refractivity contribution in [1.29, 1.82) is 0 Å². The maximum absolute atomic E-state index is 6.28. The van der Waals surface area contributed by atoms with Gasteiger partial charge in [-0.15, -0.1) is 0 Å². The van der Waals surface area contributed by atoms with Gasteiger partial charge in [-0.1, -0.05) is 41.9 Å². The Kier molecular flexibility index (Phi) is 3.31. The molecule has 3 aromatic rings. The minimum Gasteiger partial charge on any atom is -0.464 e. The Morgan fingerprint density at radius 1 is 1.04 bits per heavy atom. The quantitative estimate of drug-likeness (QED) is 0.639. The highest BCUT2D eigenvalue weighted by atomic mass is 35.5. The van der Waals surface area contributed by atoms with Crippen LogP contribution in [0.3, 0.4) is 0 Å². The predicted octanol–water partition coefficient (Wildman–Crippen LogP) is 5.18. The number of hydrogen-bond acceptors (Lipinski definition) is 4. The molecule has 5 rings (SSSR count). The van der Waals surface area contributed by atoms with E-state index in [4.69, 9.17) is 25.9 Å². The smallest absolute Gasteiger partial charge is 0.213 e. The van der Waals surface area contributed by atoms with E-state index >= 15 is 0 Å². The van der Waals surface area contributed by atoms with E-state index in [0.29, 0.717) is 5.02 Å². The molecule has 3 heterocycles. The number of fused-ring (bicyclic) bond motifs is 3. The Labute approximate surface area is 150 Å². The van der Waals surface area contributed by atoms with Crippen molar-refractivity contribution in [3.63, 3.8) is 0 Å². The van der Waals surface area contributed by atoms with Crippen LogP contribution in [0.2, 0.25) is 5.02 Å². The lowest BCUT2D eigenvalue weighted by atomic mass is 9.97. The van der Waals surface area contributed by atoms with Crippen LogP contribution in [0.5, 0.6) is 5.75 Å². The lowest BCUT2D eigenvalue weighted by Crippen LogP contribution is -2.33. The summed E-state index contributed by atoms with van der Waals surface area (Å²) in [5.41, 5.74) is 3.05. The van der Waals surface area contributed by atoms with Crippen LogP contribution >= 0.6 is 11.6 Å². The first kappa shape index (κ1) is 14.6. The summed E-state index contributed by atoms with van der Waals surface area (Å²) in [7, 11) is 0. The van der Waals surface area contributed by atoms with E-state index in [1.165, 1.54) is 0 Å². The molecule has 5 heteroatoms. The fourth-order valence-corrected chi connectivity index (χ4v) is 3.67. The number of furan rings is 1. The Balaban J connectivity index is 1.62. The van der Waals surface area contributed by atoms with Gasteiger partial charge in [0.1, 0.15) is 17.2 Å². The number of benzene rings is 2. The zero-order valence-corrected chi connectivity index (χ0v) is 14.1. The first-order valence-corrected chi connectivity index (χ1v) is 8.58. The van der Waals surface area contributed by atoms with Gasteiger partial charge in [-0.05, 0) is 30.3 Å². The molecule has 0 aliphatic carbocycles. The predicted molar refractivity (Wildman–Crippen MR) is 95.7 cm³/mol. The summed E-state index contributed by atoms with van der Waals surface area (Å²) in [5.74, 6) is 1.65. The molecule has 0 N–H and O–H groups in total. The Morgan fingerprint density at radius 3 is 2.72 bits per heavy atom. The number of rotatable bonds is 2. The van der Waals surface area contributed by atoms with E-state index < -0.39 is 0 Å². The lowest BCUT2D eigenvalue weighted by molar-refractivity contribution is -0.0190. The highest BCUT2D eigenvalue weighted by molar-refractivity contribution is 6.30. The summed E-state index contributed by atoms with van der Waals surface area (Å²) in [6, 6.07) is 19.8. The normalized spacial score (nSPS) is 21.3. The number of hydrogen-bond donors (Lipinski definition) is 0. The maximum Gasteiger partial charge on any atom is 0.213 e. The van der Waals surface area contributed by atoms with Crippen molar-refractivity contribution in [3.05, 3.63) is 88.8 Å². The molecule has 2 aliphatic heterocycles. The van der Waals surface area contributed by atoms with E-state index in [1.54, 1.807) is 6.26 Å². The van der Waals surface area contributed by atoms with Crippen LogP contribution in [0.25, 0.3) is 0 Å². The van der Waals surface area contributed by atoms with Gasteiger partial charge in [-0.3, -0.25) is 0 Å². The van der Waals surface area contributed by atoms with Crippen molar-refractivity contribution >= 4 is 17.3 Å². The zero-order valence-electron chi connectivity index (χ0n) is 13.3. The molecule has 2 atom stereocenters. The highest BCUT2D eigenvalue weighted by Gasteiger charge is 2.41. The van der Waals surface area contributed by atoms with E-state index in [0.717, 1.165) is 34.8 Å². The lowest BCUT2D eigenvalue weighted by Gasteiger charge is -2.38. The van der Waals surface area contributed by atoms with Crippen molar-refractivity contribution in [2.24, 2.45) is 5.10 Å². The van der Waals surface area contributed by atoms with Gasteiger partial charge >= 0.3 is 0 Å². The highest BCUT2D eigenvalue weighted by Crippen LogP contribution is 2.48. The van der Waals surface area contributed by atoms with Crippen LogP contribution in [0.15, 0.2) is 76.4 Å². The summed E-state index contributed by atoms with van der Waals surface area (Å²) in [6.45, 7) is 0. The largest absolute Gasteiger partial charge is 0.464 e. The number of halogens is 1. The topological polar surface area (TPSA) is 38.0 Å². The van der Waals surface area contributed by atoms with E-state index in [9.17, 15) is 0 Å². The summed E-state index contributed by atoms with van der Waals surface area (Å²) in [5, 5.41) is 7.55. The second-order valence-electron chi connectivity index (χ2n) is 6.19. The summed E-state index contributed by atoms with van der Waals surface area (Å²) in [6.07, 6.45) is 2.16. The van der Waals surface area contributed by atoms with E-state index in [1.807, 2.05) is 53.5 Å². The number of nitrogens with zero attached hydrogens (tertiary/aromatic N) is 2. The maximum atomic E-state index is 6.28. The van der Waals surface area contributed by atoms with Crippen LogP contribution in [0.4, 0.5) is 0 Å². The molecule has 0 amide bonds. The van der Waals surface area contributed by atoms with Crippen molar-refractivity contribution in [2.45, 2.75) is 18.7 Å². The molecule has 0 bridgehead atoms. The minimum absolute atomic E-state index is 0.0766. The van der Waals surface area contributed by atoms with Crippen LogP contribution < -0.4 is 4.74 Å². The molecule has 0 spiro atoms. The van der Waals surface area contributed by atoms with Gasteiger partial charge in [0.25, 0.3) is 0 Å². The van der Waals surface area contributed by atoms with Gasteiger partial charge in [0.05, 0.1) is 12.3 Å². The molecule has 0 unspecified atom stereocenters. The number of hydrazone groups is 1. The second-order valence-corrected chi connectivity index (χ2v) is 6.62. The molecule has 0 fully saturated rings. The van der Waals surface area contributed by atoms with Gasteiger partial charge in [0, 0.05) is 22.6 Å². The molecular formula is C20H15ClN2O2. The average molecular weight is 351 g/mol. The molecule has 2 aliphatic rings. The van der Waals surface area contributed by atoms with E-state index in [-0.39, 0.29) is 12.3 Å². The summed E-state index contributed by atoms with van der Waals surface area (Å²) in [4.78, 5) is 0. The molecule has 0 radical (unpaired) electrons. The fraction of sp³-hybridized carbons (Fsp3) is 0.150. The first-order chi connectivity index (χ1) is 12.3. The summed E-state index contributed by atoms with van der Waals surface area (Å²) < 4.78 is 11.8. The van der Waals surface area contributed by atoms with Crippen LogP contribution in [-0.2, 0) is 0 Å². The Hall–Kier alpha value is -2.72. The Bertz CT molecular complexity index is 938. The van der Waals surface area contributed by atoms with Crippen molar-refractivity contribution < 1.29 is 9.15 Å². The molecule has 0 saturated heterocycles. The third kappa shape index (κ3) is 2.41. The zero-order chi connectivity index (χ0) is 16.8. The van der Waals surface area contributed by atoms with Gasteiger partial charge in [-0.25, -0.2) is 5.01 Å². The Morgan fingerprint density at radius 2 is 1.92 bits per heavy atom. The fourth-order valence-electron chi connectivity index (χ4n) is 3.49. The van der Waals surface area contributed by atoms with Crippen LogP contribution in [0.1, 0.15) is 35.6 Å². The summed E-state index contributed by atoms with van der Waals surface area (Å²) >= 11 is 6.23. The van der Waals surface area contributed by atoms with Gasteiger partial charge in [0.2, 0.25) is 6.23 Å². The average Bonchev–Trinajstić information content (AvgIpc) is 3.31. The standard InChI is InChI=1S/C20H15ClN2O2/c21-14-8-9-18-15(11-14)17-12-16(19-7-4-10-24-19)22-23(17)20(25-18)13-5-2-1-3-6-13/h1-11,17,20H,12H2/t17-,20+/m1/s1. The van der Waals surface area contributed by atoms with Gasteiger partial charge < -0.3 is 9.15 Å². The molecule has 4 nitrogen and oxygen atoms in total.